The maximum absolute atomic E-state index is 15.4. The Bertz CT molecular complexity index is 1410. The molecule has 0 fully saturated rings. The zero-order chi connectivity index (χ0) is 25.8. The van der Waals surface area contributed by atoms with Crippen molar-refractivity contribution in [3.8, 4) is 34.0 Å². The Labute approximate surface area is 205 Å². The van der Waals surface area contributed by atoms with Crippen molar-refractivity contribution >= 4 is 0 Å². The number of fused-ring (bicyclic) bond motifs is 10. The molecule has 0 amide bonds. The van der Waals surface area contributed by atoms with Gasteiger partial charge in [0.1, 0.15) is 0 Å². The van der Waals surface area contributed by atoms with E-state index in [9.17, 15) is 0 Å². The largest absolute Gasteiger partial charge is 0.491 e. The summed E-state index contributed by atoms with van der Waals surface area (Å²) < 4.78 is 71.5. The lowest BCUT2D eigenvalue weighted by Crippen LogP contribution is -2.22. The van der Waals surface area contributed by atoms with Crippen LogP contribution in [0.5, 0.6) is 11.5 Å². The van der Waals surface area contributed by atoms with Crippen molar-refractivity contribution in [2.45, 2.75) is 25.7 Å². The molecule has 184 valence electrons. The van der Waals surface area contributed by atoms with E-state index in [1.165, 1.54) is 12.1 Å². The highest BCUT2D eigenvalue weighted by molar-refractivity contribution is 5.67. The number of ether oxygens (including phenoxy) is 2. The summed E-state index contributed by atoms with van der Waals surface area (Å²) in [5, 5.41) is 0. The minimum Gasteiger partial charge on any atom is -0.491 e. The molecule has 0 saturated carbocycles. The molecule has 2 aromatic carbocycles. The van der Waals surface area contributed by atoms with E-state index in [1.807, 2.05) is 13.8 Å². The summed E-state index contributed by atoms with van der Waals surface area (Å²) >= 11 is 0. The topological polar surface area (TPSA) is 44.2 Å². The molecule has 1 aliphatic heterocycles. The van der Waals surface area contributed by atoms with Gasteiger partial charge in [0, 0.05) is 23.0 Å². The number of aromatic nitrogens is 2. The van der Waals surface area contributed by atoms with Gasteiger partial charge in [-0.25, -0.2) is 17.6 Å². The molecule has 0 radical (unpaired) electrons. The van der Waals surface area contributed by atoms with Gasteiger partial charge in [-0.15, -0.1) is 0 Å². The van der Waals surface area contributed by atoms with E-state index in [1.54, 1.807) is 36.4 Å². The molecule has 4 nitrogen and oxygen atoms in total. The van der Waals surface area contributed by atoms with Crippen LogP contribution >= 0.6 is 0 Å². The molecule has 0 spiro atoms. The van der Waals surface area contributed by atoms with Gasteiger partial charge in [-0.1, -0.05) is 12.1 Å². The van der Waals surface area contributed by atoms with Crippen LogP contribution < -0.4 is 9.47 Å². The third-order valence-corrected chi connectivity index (χ3v) is 6.59. The average molecular weight is 494 g/mol. The van der Waals surface area contributed by atoms with E-state index in [4.69, 9.17) is 9.47 Å². The molecular formula is C28H22F4N2O2. The van der Waals surface area contributed by atoms with Gasteiger partial charge in [-0.05, 0) is 61.4 Å². The Morgan fingerprint density at radius 1 is 0.667 bits per heavy atom. The molecule has 36 heavy (non-hydrogen) atoms. The van der Waals surface area contributed by atoms with Crippen molar-refractivity contribution in [1.29, 1.82) is 0 Å². The second kappa shape index (κ2) is 8.62. The van der Waals surface area contributed by atoms with Crippen LogP contribution in [0.4, 0.5) is 17.6 Å². The second-order valence-electron chi connectivity index (χ2n) is 9.11. The quantitative estimate of drug-likeness (QED) is 0.294. The molecule has 0 unspecified atom stereocenters. The number of halogens is 4. The average Bonchev–Trinajstić information content (AvgIpc) is 2.87. The fourth-order valence-corrected chi connectivity index (χ4v) is 4.52. The molecule has 0 N–H and O–H groups in total. The van der Waals surface area contributed by atoms with Crippen molar-refractivity contribution in [2.24, 2.45) is 0 Å². The SMILES string of the molecule is COc1c(F)c2cc(c1F)-c1cccc(n1)C(C)(C)c1cccc(n1)-c1cc(c(F)c(OC)c1F)C2. The van der Waals surface area contributed by atoms with Crippen LogP contribution in [0.3, 0.4) is 0 Å². The molecule has 0 aliphatic carbocycles. The molecule has 0 atom stereocenters. The highest BCUT2D eigenvalue weighted by Crippen LogP contribution is 2.40. The van der Waals surface area contributed by atoms with Gasteiger partial charge in [-0.2, -0.15) is 0 Å². The molecule has 2 aromatic heterocycles. The van der Waals surface area contributed by atoms with E-state index >= 15 is 17.6 Å². The second-order valence-corrected chi connectivity index (χ2v) is 9.11. The van der Waals surface area contributed by atoms with Gasteiger partial charge >= 0.3 is 0 Å². The lowest BCUT2D eigenvalue weighted by molar-refractivity contribution is 0.356. The maximum atomic E-state index is 15.4. The molecule has 5 rings (SSSR count). The van der Waals surface area contributed by atoms with Gasteiger partial charge in [0.2, 0.25) is 0 Å². The zero-order valence-corrected chi connectivity index (χ0v) is 20.0. The Hall–Kier alpha value is -3.94. The molecule has 8 bridgehead atoms. The first-order chi connectivity index (χ1) is 17.2. The van der Waals surface area contributed by atoms with E-state index < -0.39 is 40.2 Å². The van der Waals surface area contributed by atoms with Crippen molar-refractivity contribution < 1.29 is 27.0 Å². The fourth-order valence-electron chi connectivity index (χ4n) is 4.52. The summed E-state index contributed by atoms with van der Waals surface area (Å²) in [6.45, 7) is 3.77. The van der Waals surface area contributed by atoms with Gasteiger partial charge in [0.05, 0.1) is 37.0 Å². The van der Waals surface area contributed by atoms with E-state index in [0.717, 1.165) is 14.2 Å². The Balaban J connectivity index is 1.91. The number of pyridine rings is 2. The summed E-state index contributed by atoms with van der Waals surface area (Å²) in [4.78, 5) is 9.34. The van der Waals surface area contributed by atoms with Crippen molar-refractivity contribution in [3.05, 3.63) is 94.3 Å². The van der Waals surface area contributed by atoms with Crippen molar-refractivity contribution in [2.75, 3.05) is 14.2 Å². The first-order valence-electron chi connectivity index (χ1n) is 11.2. The third-order valence-electron chi connectivity index (χ3n) is 6.59. The predicted molar refractivity (Wildman–Crippen MR) is 127 cm³/mol. The lowest BCUT2D eigenvalue weighted by atomic mass is 9.84. The third kappa shape index (κ3) is 3.59. The smallest absolute Gasteiger partial charge is 0.191 e. The number of methoxy groups -OCH3 is 2. The Morgan fingerprint density at radius 3 is 1.47 bits per heavy atom. The number of hydrogen-bond donors (Lipinski definition) is 0. The van der Waals surface area contributed by atoms with Crippen LogP contribution in [0, 0.1) is 23.3 Å². The molecule has 3 heterocycles. The van der Waals surface area contributed by atoms with Crippen molar-refractivity contribution in [1.82, 2.24) is 9.97 Å². The molecule has 8 heteroatoms. The Kier molecular flexibility index (Phi) is 5.70. The first kappa shape index (κ1) is 23.8. The van der Waals surface area contributed by atoms with Gasteiger partial charge < -0.3 is 9.47 Å². The minimum absolute atomic E-state index is 0.00521. The molecule has 0 saturated heterocycles. The monoisotopic (exact) mass is 494 g/mol. The van der Waals surface area contributed by atoms with Crippen LogP contribution in [0.1, 0.15) is 36.4 Å². The summed E-state index contributed by atoms with van der Waals surface area (Å²) in [5.74, 6) is -5.03. The number of nitrogens with zero attached hydrogens (tertiary/aromatic N) is 2. The Morgan fingerprint density at radius 2 is 1.08 bits per heavy atom. The van der Waals surface area contributed by atoms with Crippen LogP contribution in [-0.2, 0) is 11.8 Å². The van der Waals surface area contributed by atoms with Crippen molar-refractivity contribution in [3.63, 3.8) is 0 Å². The van der Waals surface area contributed by atoms with E-state index in [0.29, 0.717) is 11.4 Å². The van der Waals surface area contributed by atoms with E-state index in [2.05, 4.69) is 9.97 Å². The van der Waals surface area contributed by atoms with E-state index in [-0.39, 0.29) is 40.1 Å². The van der Waals surface area contributed by atoms with Crippen LogP contribution in [-0.4, -0.2) is 24.2 Å². The zero-order valence-electron chi connectivity index (χ0n) is 20.0. The van der Waals surface area contributed by atoms with Gasteiger partial charge in [0.15, 0.2) is 34.8 Å². The van der Waals surface area contributed by atoms with Crippen LogP contribution in [0.25, 0.3) is 22.5 Å². The molecule has 4 aromatic rings. The van der Waals surface area contributed by atoms with Crippen LogP contribution in [0.2, 0.25) is 0 Å². The van der Waals surface area contributed by atoms with Gasteiger partial charge in [0.25, 0.3) is 0 Å². The molecule has 1 aliphatic rings. The first-order valence-corrected chi connectivity index (χ1v) is 11.2. The summed E-state index contributed by atoms with van der Waals surface area (Å²) in [6.07, 6.45) is -0.324. The highest BCUT2D eigenvalue weighted by atomic mass is 19.1. The summed E-state index contributed by atoms with van der Waals surface area (Å²) in [6, 6.07) is 12.8. The standard InChI is InChI=1S/C28H22F4N2O2/c1-28(2)20-9-5-7-18(33-20)16-12-14(22(29)26(35-3)24(16)31)11-15-13-17(19-8-6-10-21(28)34-19)25(32)27(36-4)23(15)30/h5-10,12-13H,11H2,1-4H3. The van der Waals surface area contributed by atoms with Gasteiger partial charge in [-0.3, -0.25) is 9.97 Å². The number of benzene rings is 2. The normalized spacial score (nSPS) is 13.7. The van der Waals surface area contributed by atoms with Crippen LogP contribution in [0.15, 0.2) is 48.5 Å². The highest BCUT2D eigenvalue weighted by Gasteiger charge is 2.30. The minimum atomic E-state index is -0.980. The summed E-state index contributed by atoms with van der Waals surface area (Å²) in [7, 11) is 2.30. The lowest BCUT2D eigenvalue weighted by Gasteiger charge is -2.25. The molecular weight excluding hydrogens is 472 g/mol. The number of hydrogen-bond acceptors (Lipinski definition) is 4. The fraction of sp³-hybridized carbons (Fsp3) is 0.214. The maximum Gasteiger partial charge on any atom is 0.191 e. The summed E-state index contributed by atoms with van der Waals surface area (Å²) in [5.41, 5.74) is 0.769. The predicted octanol–water partition coefficient (Wildman–Crippen LogP) is 6.61. The number of rotatable bonds is 2.